The molecule has 0 spiro atoms. The lowest BCUT2D eigenvalue weighted by Crippen LogP contribution is -2.10. The van der Waals surface area contributed by atoms with Gasteiger partial charge in [0.05, 0.1) is 45.7 Å². The maximum atomic E-state index is 12.8. The lowest BCUT2D eigenvalue weighted by atomic mass is 10.2. The normalized spacial score (nSPS) is 14.6. The second-order valence-corrected chi connectivity index (χ2v) is 9.92. The topological polar surface area (TPSA) is 72.5 Å². The van der Waals surface area contributed by atoms with Crippen molar-refractivity contribution in [2.24, 2.45) is 0 Å². The molecule has 1 unspecified atom stereocenters. The number of rotatable bonds is 9. The molecule has 1 aliphatic rings. The standard InChI is InChI=1S/C27H26O7S2/c1-29-19-11-17(12-20(30-2)24(19)32-4)23-15-35-27(36-23)18-13-21(31-3)25(33-5)22(14-18)34-26(28)16-9-7-6-8-10-16/h6-15,27H,1-5H3. The van der Waals surface area contributed by atoms with Crippen LogP contribution >= 0.6 is 23.5 Å². The zero-order valence-electron chi connectivity index (χ0n) is 20.5. The SMILES string of the molecule is COc1cc(C2=CSC(c3cc(OC)c(OC)c(OC(=O)c4ccccc4)c3)S2)cc(OC)c1OC. The minimum atomic E-state index is -0.476. The van der Waals surface area contributed by atoms with Crippen LogP contribution in [0.5, 0.6) is 34.5 Å². The molecule has 0 radical (unpaired) electrons. The van der Waals surface area contributed by atoms with Crippen LogP contribution in [0.1, 0.15) is 26.1 Å². The molecule has 0 N–H and O–H groups in total. The van der Waals surface area contributed by atoms with Crippen LogP contribution in [0.3, 0.4) is 0 Å². The molecule has 3 aromatic carbocycles. The second kappa shape index (κ2) is 11.5. The first-order valence-corrected chi connectivity index (χ1v) is 12.7. The third-order valence-electron chi connectivity index (χ3n) is 5.43. The summed E-state index contributed by atoms with van der Waals surface area (Å²) in [5.41, 5.74) is 2.30. The summed E-state index contributed by atoms with van der Waals surface area (Å²) in [5.74, 6) is 2.37. The fourth-order valence-corrected chi connectivity index (χ4v) is 6.22. The average Bonchev–Trinajstić information content (AvgIpc) is 3.42. The monoisotopic (exact) mass is 526 g/mol. The molecule has 0 fully saturated rings. The highest BCUT2D eigenvalue weighted by Gasteiger charge is 2.27. The largest absolute Gasteiger partial charge is 0.493 e. The molecule has 1 atom stereocenters. The van der Waals surface area contributed by atoms with E-state index in [1.807, 2.05) is 30.3 Å². The molecule has 1 aliphatic heterocycles. The van der Waals surface area contributed by atoms with Gasteiger partial charge in [0.25, 0.3) is 0 Å². The van der Waals surface area contributed by atoms with Gasteiger partial charge in [-0.05, 0) is 52.9 Å². The van der Waals surface area contributed by atoms with Gasteiger partial charge in [-0.3, -0.25) is 0 Å². The van der Waals surface area contributed by atoms with Crippen LogP contribution in [0, 0.1) is 0 Å². The molecule has 9 heteroatoms. The van der Waals surface area contributed by atoms with E-state index in [9.17, 15) is 4.79 Å². The molecule has 36 heavy (non-hydrogen) atoms. The number of hydrogen-bond donors (Lipinski definition) is 0. The summed E-state index contributed by atoms with van der Waals surface area (Å²) in [7, 11) is 7.83. The van der Waals surface area contributed by atoms with Crippen molar-refractivity contribution >= 4 is 34.4 Å². The Hall–Kier alpha value is -3.43. The Morgan fingerprint density at radius 3 is 1.86 bits per heavy atom. The number of carbonyl (C=O) groups excluding carboxylic acids is 1. The number of ether oxygens (including phenoxy) is 6. The number of benzene rings is 3. The smallest absolute Gasteiger partial charge is 0.343 e. The molecule has 4 rings (SSSR count). The summed E-state index contributed by atoms with van der Waals surface area (Å²) in [6, 6.07) is 16.4. The first-order chi connectivity index (χ1) is 17.5. The number of methoxy groups -OCH3 is 5. The van der Waals surface area contributed by atoms with E-state index in [2.05, 4.69) is 5.41 Å². The third kappa shape index (κ3) is 5.22. The predicted molar refractivity (Wildman–Crippen MR) is 143 cm³/mol. The Labute approximate surface area is 218 Å². The molecular formula is C27H26O7S2. The van der Waals surface area contributed by atoms with Crippen LogP contribution < -0.4 is 28.4 Å². The zero-order chi connectivity index (χ0) is 25.7. The molecule has 0 bridgehead atoms. The van der Waals surface area contributed by atoms with E-state index in [4.69, 9.17) is 28.4 Å². The van der Waals surface area contributed by atoms with E-state index >= 15 is 0 Å². The van der Waals surface area contributed by atoms with E-state index in [1.165, 1.54) is 7.11 Å². The Morgan fingerprint density at radius 1 is 0.722 bits per heavy atom. The first kappa shape index (κ1) is 25.7. The molecule has 0 saturated heterocycles. The summed E-state index contributed by atoms with van der Waals surface area (Å²) >= 11 is 3.30. The second-order valence-electron chi connectivity index (χ2n) is 7.49. The summed E-state index contributed by atoms with van der Waals surface area (Å²) in [6.07, 6.45) is 0. The number of esters is 1. The van der Waals surface area contributed by atoms with Crippen molar-refractivity contribution in [2.45, 2.75) is 4.58 Å². The van der Waals surface area contributed by atoms with Gasteiger partial charge in [0.2, 0.25) is 11.5 Å². The van der Waals surface area contributed by atoms with Crippen LogP contribution in [0.15, 0.2) is 60.0 Å². The van der Waals surface area contributed by atoms with Crippen LogP contribution in [0.4, 0.5) is 0 Å². The molecule has 0 amide bonds. The summed E-state index contributed by atoms with van der Waals surface area (Å²) < 4.78 is 33.3. The first-order valence-electron chi connectivity index (χ1n) is 10.9. The third-order valence-corrected chi connectivity index (χ3v) is 8.19. The molecule has 188 valence electrons. The molecule has 7 nitrogen and oxygen atoms in total. The molecular weight excluding hydrogens is 500 g/mol. The van der Waals surface area contributed by atoms with Crippen molar-refractivity contribution in [3.8, 4) is 34.5 Å². The van der Waals surface area contributed by atoms with Crippen molar-refractivity contribution in [2.75, 3.05) is 35.5 Å². The predicted octanol–water partition coefficient (Wildman–Crippen LogP) is 6.43. The van der Waals surface area contributed by atoms with Gasteiger partial charge in [-0.2, -0.15) is 0 Å². The van der Waals surface area contributed by atoms with Crippen LogP contribution in [-0.2, 0) is 0 Å². The molecule has 0 aliphatic carbocycles. The Bertz CT molecular complexity index is 1250. The summed E-state index contributed by atoms with van der Waals surface area (Å²) in [6.45, 7) is 0. The van der Waals surface area contributed by atoms with Crippen LogP contribution in [0.2, 0.25) is 0 Å². The van der Waals surface area contributed by atoms with Crippen LogP contribution in [-0.4, -0.2) is 41.5 Å². The fraction of sp³-hybridized carbons (Fsp3) is 0.222. The van der Waals surface area contributed by atoms with Gasteiger partial charge in [-0.25, -0.2) is 4.79 Å². The average molecular weight is 527 g/mol. The molecule has 0 saturated carbocycles. The Kier molecular flexibility index (Phi) is 8.22. The van der Waals surface area contributed by atoms with Crippen LogP contribution in [0.25, 0.3) is 4.91 Å². The van der Waals surface area contributed by atoms with E-state index in [0.717, 1.165) is 16.0 Å². The summed E-state index contributed by atoms with van der Waals surface area (Å²) in [4.78, 5) is 13.8. The van der Waals surface area contributed by atoms with Crippen molar-refractivity contribution in [3.05, 3.63) is 76.7 Å². The molecule has 1 heterocycles. The van der Waals surface area contributed by atoms with E-state index in [0.29, 0.717) is 40.1 Å². The minimum absolute atomic E-state index is 0.00641. The fourth-order valence-electron chi connectivity index (χ4n) is 3.70. The zero-order valence-corrected chi connectivity index (χ0v) is 22.2. The maximum absolute atomic E-state index is 12.8. The van der Waals surface area contributed by atoms with Gasteiger partial charge >= 0.3 is 5.97 Å². The Morgan fingerprint density at radius 2 is 1.28 bits per heavy atom. The van der Waals surface area contributed by atoms with Crippen molar-refractivity contribution in [1.82, 2.24) is 0 Å². The number of carbonyl (C=O) groups is 1. The van der Waals surface area contributed by atoms with E-state index in [-0.39, 0.29) is 4.58 Å². The molecule has 3 aromatic rings. The molecule has 0 aromatic heterocycles. The number of hydrogen-bond acceptors (Lipinski definition) is 9. The lowest BCUT2D eigenvalue weighted by Gasteiger charge is -2.18. The Balaban J connectivity index is 1.63. The number of thioether (sulfide) groups is 2. The van der Waals surface area contributed by atoms with Crippen molar-refractivity contribution in [1.29, 1.82) is 0 Å². The summed E-state index contributed by atoms with van der Waals surface area (Å²) in [5, 5.41) is 2.09. The highest BCUT2D eigenvalue weighted by Crippen LogP contribution is 2.57. The van der Waals surface area contributed by atoms with Gasteiger partial charge in [0.15, 0.2) is 23.0 Å². The van der Waals surface area contributed by atoms with Gasteiger partial charge < -0.3 is 28.4 Å². The minimum Gasteiger partial charge on any atom is -0.493 e. The lowest BCUT2D eigenvalue weighted by molar-refractivity contribution is 0.0729. The van der Waals surface area contributed by atoms with E-state index < -0.39 is 5.97 Å². The maximum Gasteiger partial charge on any atom is 0.343 e. The van der Waals surface area contributed by atoms with Gasteiger partial charge in [0.1, 0.15) is 0 Å². The van der Waals surface area contributed by atoms with Gasteiger partial charge in [-0.1, -0.05) is 18.2 Å². The van der Waals surface area contributed by atoms with Crippen molar-refractivity contribution in [3.63, 3.8) is 0 Å². The highest BCUT2D eigenvalue weighted by molar-refractivity contribution is 8.25. The van der Waals surface area contributed by atoms with Crippen molar-refractivity contribution < 1.29 is 33.2 Å². The quantitative estimate of drug-likeness (QED) is 0.232. The highest BCUT2D eigenvalue weighted by atomic mass is 32.2. The van der Waals surface area contributed by atoms with Gasteiger partial charge in [0, 0.05) is 4.91 Å². The van der Waals surface area contributed by atoms with E-state index in [1.54, 1.807) is 76.2 Å². The van der Waals surface area contributed by atoms with Gasteiger partial charge in [-0.15, -0.1) is 23.5 Å².